The Kier molecular flexibility index (Phi) is 13.4. The van der Waals surface area contributed by atoms with Crippen molar-refractivity contribution in [3.63, 3.8) is 0 Å². The van der Waals surface area contributed by atoms with E-state index >= 15 is 0 Å². The monoisotopic (exact) mass is 653 g/mol. The predicted octanol–water partition coefficient (Wildman–Crippen LogP) is 11.8. The molecule has 0 N–H and O–H groups in total. The Morgan fingerprint density at radius 3 is 2.19 bits per heavy atom. The number of fused-ring (bicyclic) bond motifs is 3. The van der Waals surface area contributed by atoms with Crippen LogP contribution in [0.2, 0.25) is 0 Å². The molecule has 4 heteroatoms. The van der Waals surface area contributed by atoms with E-state index in [-0.39, 0.29) is 30.0 Å². The number of hydrogen-bond donors (Lipinski definition) is 0. The molecular formula is C43H72O4. The van der Waals surface area contributed by atoms with Gasteiger partial charge in [0, 0.05) is 5.41 Å². The number of rotatable bonds is 17. The van der Waals surface area contributed by atoms with Crippen molar-refractivity contribution >= 4 is 11.9 Å². The van der Waals surface area contributed by atoms with Crippen molar-refractivity contribution in [1.29, 1.82) is 0 Å². The van der Waals surface area contributed by atoms with Crippen LogP contribution in [0.1, 0.15) is 171 Å². The molecule has 4 nitrogen and oxygen atoms in total. The number of carbonyl (C=O) groups is 2. The van der Waals surface area contributed by atoms with Crippen LogP contribution in [0.25, 0.3) is 0 Å². The van der Waals surface area contributed by atoms with Gasteiger partial charge in [0.25, 0.3) is 0 Å². The van der Waals surface area contributed by atoms with E-state index in [1.54, 1.807) is 0 Å². The Morgan fingerprint density at radius 2 is 1.51 bits per heavy atom. The van der Waals surface area contributed by atoms with Gasteiger partial charge in [0.05, 0.1) is 0 Å². The fourth-order valence-corrected chi connectivity index (χ4v) is 11.3. The molecule has 4 saturated carbocycles. The second kappa shape index (κ2) is 16.4. The topological polar surface area (TPSA) is 52.6 Å². The molecular weight excluding hydrogens is 580 g/mol. The summed E-state index contributed by atoms with van der Waals surface area (Å²) < 4.78 is 11.7. The molecule has 0 aromatic carbocycles. The van der Waals surface area contributed by atoms with E-state index in [1.165, 1.54) is 89.0 Å². The van der Waals surface area contributed by atoms with Crippen LogP contribution in [-0.4, -0.2) is 24.6 Å². The first-order chi connectivity index (χ1) is 22.2. The Morgan fingerprint density at radius 1 is 0.851 bits per heavy atom. The molecule has 47 heavy (non-hydrogen) atoms. The Balaban J connectivity index is 1.16. The van der Waals surface area contributed by atoms with Crippen LogP contribution in [0.4, 0.5) is 0 Å². The van der Waals surface area contributed by atoms with Crippen molar-refractivity contribution < 1.29 is 19.1 Å². The van der Waals surface area contributed by atoms with E-state index in [0.717, 1.165) is 54.9 Å². The molecule has 0 amide bonds. The van der Waals surface area contributed by atoms with Gasteiger partial charge in [0.1, 0.15) is 19.1 Å². The highest BCUT2D eigenvalue weighted by atomic mass is 16.6. The van der Waals surface area contributed by atoms with E-state index in [4.69, 9.17) is 9.47 Å². The molecule has 8 unspecified atom stereocenters. The molecule has 0 radical (unpaired) electrons. The molecule has 4 aliphatic carbocycles. The maximum absolute atomic E-state index is 13.2. The molecule has 0 aromatic rings. The summed E-state index contributed by atoms with van der Waals surface area (Å²) in [5.74, 6) is 3.21. The molecule has 0 saturated heterocycles. The van der Waals surface area contributed by atoms with Gasteiger partial charge in [-0.2, -0.15) is 0 Å². The van der Waals surface area contributed by atoms with Gasteiger partial charge >= 0.3 is 11.9 Å². The summed E-state index contributed by atoms with van der Waals surface area (Å²) >= 11 is 0. The van der Waals surface area contributed by atoms with Gasteiger partial charge in [-0.05, 0) is 123 Å². The minimum atomic E-state index is -0.489. The third-order valence-electron chi connectivity index (χ3n) is 13.8. The fourth-order valence-electron chi connectivity index (χ4n) is 11.3. The highest BCUT2D eigenvalue weighted by molar-refractivity contribution is 5.91. The van der Waals surface area contributed by atoms with Crippen LogP contribution in [-0.2, 0) is 19.1 Å². The van der Waals surface area contributed by atoms with Crippen LogP contribution < -0.4 is 0 Å². The third kappa shape index (κ3) is 9.36. The molecule has 4 fully saturated rings. The third-order valence-corrected chi connectivity index (χ3v) is 13.8. The number of carbonyl (C=O) groups excluding carboxylic acids is 2. The predicted molar refractivity (Wildman–Crippen MR) is 195 cm³/mol. The van der Waals surface area contributed by atoms with Crippen LogP contribution >= 0.6 is 0 Å². The van der Waals surface area contributed by atoms with Crippen molar-refractivity contribution in [1.82, 2.24) is 0 Å². The first-order valence-electron chi connectivity index (χ1n) is 19.9. The van der Waals surface area contributed by atoms with Crippen LogP contribution in [0.5, 0.6) is 0 Å². The highest BCUT2D eigenvalue weighted by Gasteiger charge is 2.67. The van der Waals surface area contributed by atoms with Crippen LogP contribution in [0.3, 0.4) is 0 Å². The van der Waals surface area contributed by atoms with Crippen molar-refractivity contribution in [2.24, 2.45) is 51.8 Å². The van der Waals surface area contributed by atoms with Gasteiger partial charge in [-0.25, -0.2) is 0 Å². The number of esters is 2. The maximum Gasteiger partial charge on any atom is 0.317 e. The fraction of sp³-hybridized carbons (Fsp3) is 0.860. The molecule has 4 rings (SSSR count). The summed E-state index contributed by atoms with van der Waals surface area (Å²) in [4.78, 5) is 25.9. The van der Waals surface area contributed by atoms with Crippen molar-refractivity contribution in [2.45, 2.75) is 177 Å². The van der Waals surface area contributed by atoms with Gasteiger partial charge in [-0.15, -0.1) is 0 Å². The lowest BCUT2D eigenvalue weighted by Crippen LogP contribution is -2.58. The van der Waals surface area contributed by atoms with Crippen molar-refractivity contribution in [3.05, 3.63) is 23.8 Å². The first-order valence-corrected chi connectivity index (χ1v) is 19.9. The summed E-state index contributed by atoms with van der Waals surface area (Å²) in [7, 11) is 0. The van der Waals surface area contributed by atoms with Gasteiger partial charge in [0.15, 0.2) is 0 Å². The molecule has 0 aliphatic heterocycles. The average molecular weight is 653 g/mol. The van der Waals surface area contributed by atoms with Gasteiger partial charge in [-0.1, -0.05) is 112 Å². The molecule has 8 atom stereocenters. The minimum absolute atomic E-state index is 0.0127. The highest BCUT2D eigenvalue weighted by Crippen LogP contribution is 2.72. The minimum Gasteiger partial charge on any atom is -0.461 e. The van der Waals surface area contributed by atoms with Crippen LogP contribution in [0.15, 0.2) is 23.8 Å². The second-order valence-corrected chi connectivity index (χ2v) is 18.4. The summed E-state index contributed by atoms with van der Waals surface area (Å²) in [5.41, 5.74) is 2.99. The number of allylic oxidation sites excluding steroid dienone is 1. The second-order valence-electron chi connectivity index (χ2n) is 18.4. The standard InChI is InChI=1S/C43H72O4/c1-30(2)14-10-15-31(3)16-11-17-32(4)18-12-19-33(5)23-27-46-38(44)28-39(45)47-40-34(6)35-20-21-37-42(9)25-13-24-41(7,8)36(42)22-26-43(37,40)29-35/h23,30-32,35-37,40H,6,10-22,24-29H2,1-5,7-9H3. The quantitative estimate of drug-likeness (QED) is 0.0891. The van der Waals surface area contributed by atoms with Crippen molar-refractivity contribution in [2.75, 3.05) is 6.61 Å². The lowest BCUT2D eigenvalue weighted by molar-refractivity contribution is -0.186. The summed E-state index contributed by atoms with van der Waals surface area (Å²) in [5, 5.41) is 0. The average Bonchev–Trinajstić information content (AvgIpc) is 3.16. The zero-order valence-corrected chi connectivity index (χ0v) is 31.9. The molecule has 2 bridgehead atoms. The largest absolute Gasteiger partial charge is 0.461 e. The van der Waals surface area contributed by atoms with Crippen molar-refractivity contribution in [3.8, 4) is 0 Å². The van der Waals surface area contributed by atoms with E-state index in [9.17, 15) is 9.59 Å². The van der Waals surface area contributed by atoms with Gasteiger partial charge in [0.2, 0.25) is 0 Å². The van der Waals surface area contributed by atoms with E-state index < -0.39 is 11.9 Å². The molecule has 4 aliphatic rings. The van der Waals surface area contributed by atoms with E-state index in [1.807, 2.05) is 6.08 Å². The summed E-state index contributed by atoms with van der Waals surface area (Å²) in [6.45, 7) is 23.8. The smallest absolute Gasteiger partial charge is 0.317 e. The number of hydrogen-bond acceptors (Lipinski definition) is 4. The van der Waals surface area contributed by atoms with Gasteiger partial charge < -0.3 is 9.47 Å². The summed E-state index contributed by atoms with van der Waals surface area (Å²) in [6.07, 6.45) is 22.7. The van der Waals surface area contributed by atoms with Gasteiger partial charge in [-0.3, -0.25) is 9.59 Å². The van der Waals surface area contributed by atoms with Crippen LogP contribution in [0, 0.1) is 51.8 Å². The number of ether oxygens (including phenoxy) is 2. The Hall–Kier alpha value is -1.58. The normalized spacial score (nSPS) is 32.8. The van der Waals surface area contributed by atoms with E-state index in [0.29, 0.717) is 17.3 Å². The SMILES string of the molecule is C=C1C2CCC3C4(C)CCCC(C)(C)C4CCC3(C2)C1OC(=O)CC(=O)OCC=C(C)CCCC(C)CCCC(C)CCCC(C)C. The molecule has 0 aromatic heterocycles. The molecule has 1 spiro atoms. The van der Waals surface area contributed by atoms with E-state index in [2.05, 4.69) is 62.0 Å². The Bertz CT molecular complexity index is 1100. The molecule has 0 heterocycles. The summed E-state index contributed by atoms with van der Waals surface area (Å²) in [6, 6.07) is 0. The first kappa shape index (κ1) is 38.2. The lowest BCUT2D eigenvalue weighted by atomic mass is 9.41. The zero-order chi connectivity index (χ0) is 34.4. The maximum atomic E-state index is 13.2. The Labute approximate surface area is 289 Å². The zero-order valence-electron chi connectivity index (χ0n) is 31.9. The molecule has 268 valence electrons. The lowest BCUT2D eigenvalue weighted by Gasteiger charge is -2.64.